The Hall–Kier alpha value is -1.70. The number of pyridine rings is 1. The van der Waals surface area contributed by atoms with E-state index in [1.54, 1.807) is 19.3 Å². The molecule has 0 unspecified atom stereocenters. The van der Waals surface area contributed by atoms with Gasteiger partial charge in [0.1, 0.15) is 6.10 Å². The lowest BCUT2D eigenvalue weighted by Crippen LogP contribution is -2.50. The molecule has 0 saturated carbocycles. The highest BCUT2D eigenvalue weighted by atomic mass is 16.5. The van der Waals surface area contributed by atoms with E-state index >= 15 is 0 Å². The molecule has 0 aromatic carbocycles. The van der Waals surface area contributed by atoms with Crippen LogP contribution >= 0.6 is 0 Å². The fourth-order valence-corrected chi connectivity index (χ4v) is 2.41. The van der Waals surface area contributed by atoms with Gasteiger partial charge in [0.2, 0.25) is 5.56 Å². The van der Waals surface area contributed by atoms with Crippen LogP contribution in [0.4, 0.5) is 0 Å². The zero-order valence-corrected chi connectivity index (χ0v) is 13.9. The van der Waals surface area contributed by atoms with Gasteiger partial charge in [-0.25, -0.2) is 0 Å². The number of hydrogen-bond acceptors (Lipinski definition) is 5. The summed E-state index contributed by atoms with van der Waals surface area (Å²) < 4.78 is 12.7. The number of rotatable bonds is 6. The van der Waals surface area contributed by atoms with E-state index in [1.165, 1.54) is 10.6 Å². The van der Waals surface area contributed by atoms with E-state index < -0.39 is 0 Å². The van der Waals surface area contributed by atoms with Crippen LogP contribution < -0.4 is 10.9 Å². The van der Waals surface area contributed by atoms with E-state index in [-0.39, 0.29) is 23.6 Å². The summed E-state index contributed by atoms with van der Waals surface area (Å²) in [5.41, 5.74) is 0.322. The number of carbonyl (C=O) groups excluding carboxylic acids is 1. The Morgan fingerprint density at radius 2 is 2.26 bits per heavy atom. The number of nitrogens with one attached hydrogen (secondary N) is 1. The lowest BCUT2D eigenvalue weighted by Gasteiger charge is -2.32. The molecule has 1 N–H and O–H groups in total. The van der Waals surface area contributed by atoms with Gasteiger partial charge in [-0.15, -0.1) is 0 Å². The molecule has 0 aliphatic carbocycles. The van der Waals surface area contributed by atoms with Gasteiger partial charge in [-0.2, -0.15) is 0 Å². The Balaban J connectivity index is 1.96. The molecule has 1 aromatic rings. The lowest BCUT2D eigenvalue weighted by atomic mass is 10.1. The Kier molecular flexibility index (Phi) is 6.32. The molecule has 7 nitrogen and oxygen atoms in total. The standard InChI is InChI=1S/C16H25N3O4/c1-18(2)7-9-23-14-11-22-8-6-13(14)17-16(21)12-4-5-15(20)19(3)10-12/h4-5,10,13-14H,6-9,11H2,1-3H3,(H,17,21)/t13-,14-/m1/s1. The van der Waals surface area contributed by atoms with Crippen LogP contribution in [0.25, 0.3) is 0 Å². The summed E-state index contributed by atoms with van der Waals surface area (Å²) in [5, 5.41) is 3.00. The molecule has 1 aliphatic rings. The number of nitrogens with zero attached hydrogens (tertiary/aromatic N) is 2. The second-order valence-corrected chi connectivity index (χ2v) is 6.02. The highest BCUT2D eigenvalue weighted by molar-refractivity contribution is 5.94. The predicted octanol–water partition coefficient (Wildman–Crippen LogP) is -0.149. The Morgan fingerprint density at radius 3 is 2.96 bits per heavy atom. The van der Waals surface area contributed by atoms with Crippen molar-refractivity contribution in [3.8, 4) is 0 Å². The van der Waals surface area contributed by atoms with Gasteiger partial charge < -0.3 is 24.3 Å². The fourth-order valence-electron chi connectivity index (χ4n) is 2.41. The summed E-state index contributed by atoms with van der Waals surface area (Å²) in [6.07, 6.45) is 2.10. The highest BCUT2D eigenvalue weighted by Gasteiger charge is 2.28. The minimum Gasteiger partial charge on any atom is -0.379 e. The first-order valence-corrected chi connectivity index (χ1v) is 7.79. The molecule has 0 spiro atoms. The number of aryl methyl sites for hydroxylation is 1. The summed E-state index contributed by atoms with van der Waals surface area (Å²) in [6, 6.07) is 2.85. The second kappa shape index (κ2) is 8.24. The van der Waals surface area contributed by atoms with Crippen molar-refractivity contribution in [2.45, 2.75) is 18.6 Å². The van der Waals surface area contributed by atoms with Gasteiger partial charge in [0.25, 0.3) is 5.91 Å². The summed E-state index contributed by atoms with van der Waals surface area (Å²) in [7, 11) is 5.60. The van der Waals surface area contributed by atoms with E-state index in [1.807, 2.05) is 19.0 Å². The number of amides is 1. The molecule has 1 aliphatic heterocycles. The third kappa shape index (κ3) is 5.16. The van der Waals surface area contributed by atoms with Crippen LogP contribution in [0.15, 0.2) is 23.1 Å². The van der Waals surface area contributed by atoms with Gasteiger partial charge in [-0.05, 0) is 26.6 Å². The molecule has 2 rings (SSSR count). The van der Waals surface area contributed by atoms with Crippen molar-refractivity contribution >= 4 is 5.91 Å². The lowest BCUT2D eigenvalue weighted by molar-refractivity contribution is -0.0690. The van der Waals surface area contributed by atoms with Crippen LogP contribution in [0.3, 0.4) is 0 Å². The number of hydrogen-bond donors (Lipinski definition) is 1. The molecule has 0 bridgehead atoms. The van der Waals surface area contributed by atoms with Crippen LogP contribution in [0.5, 0.6) is 0 Å². The molecule has 7 heteroatoms. The third-order valence-corrected chi connectivity index (χ3v) is 3.84. The van der Waals surface area contributed by atoms with Crippen molar-refractivity contribution < 1.29 is 14.3 Å². The second-order valence-electron chi connectivity index (χ2n) is 6.02. The van der Waals surface area contributed by atoms with Gasteiger partial charge in [0.05, 0.1) is 24.8 Å². The van der Waals surface area contributed by atoms with E-state index in [2.05, 4.69) is 5.32 Å². The van der Waals surface area contributed by atoms with Crippen LogP contribution in [0, 0.1) is 0 Å². The topological polar surface area (TPSA) is 72.8 Å². The summed E-state index contributed by atoms with van der Waals surface area (Å²) >= 11 is 0. The van der Waals surface area contributed by atoms with Crippen LogP contribution in [-0.2, 0) is 16.5 Å². The molecule has 128 valence electrons. The van der Waals surface area contributed by atoms with E-state index in [4.69, 9.17) is 9.47 Å². The molecule has 0 radical (unpaired) electrons. The van der Waals surface area contributed by atoms with Gasteiger partial charge in [0, 0.05) is 32.5 Å². The first-order valence-electron chi connectivity index (χ1n) is 7.79. The monoisotopic (exact) mass is 323 g/mol. The number of carbonyl (C=O) groups is 1. The number of ether oxygens (including phenoxy) is 2. The van der Waals surface area contributed by atoms with Crippen molar-refractivity contribution in [2.24, 2.45) is 7.05 Å². The van der Waals surface area contributed by atoms with Crippen molar-refractivity contribution in [3.05, 3.63) is 34.2 Å². The first-order chi connectivity index (χ1) is 11.0. The highest BCUT2D eigenvalue weighted by Crippen LogP contribution is 2.12. The van der Waals surface area contributed by atoms with Crippen molar-refractivity contribution in [3.63, 3.8) is 0 Å². The van der Waals surface area contributed by atoms with Crippen molar-refractivity contribution in [1.29, 1.82) is 0 Å². The largest absolute Gasteiger partial charge is 0.379 e. The summed E-state index contributed by atoms with van der Waals surface area (Å²) in [5.74, 6) is -0.200. The smallest absolute Gasteiger partial charge is 0.253 e. The SMILES string of the molecule is CN(C)CCO[C@@H]1COCC[C@H]1NC(=O)c1ccc(=O)n(C)c1. The Bertz CT molecular complexity index is 585. The quantitative estimate of drug-likeness (QED) is 0.788. The van der Waals surface area contributed by atoms with Gasteiger partial charge in [-0.3, -0.25) is 9.59 Å². The molecular formula is C16H25N3O4. The molecular weight excluding hydrogens is 298 g/mol. The van der Waals surface area contributed by atoms with Gasteiger partial charge in [-0.1, -0.05) is 0 Å². The molecule has 1 fully saturated rings. The Morgan fingerprint density at radius 1 is 1.48 bits per heavy atom. The van der Waals surface area contributed by atoms with Crippen LogP contribution in [0.2, 0.25) is 0 Å². The Labute approximate surface area is 136 Å². The maximum atomic E-state index is 12.4. The first kappa shape index (κ1) is 17.7. The molecule has 1 saturated heterocycles. The molecule has 2 heterocycles. The molecule has 23 heavy (non-hydrogen) atoms. The zero-order chi connectivity index (χ0) is 16.8. The maximum Gasteiger partial charge on any atom is 0.253 e. The van der Waals surface area contributed by atoms with E-state index in [0.717, 1.165) is 6.54 Å². The van der Waals surface area contributed by atoms with Gasteiger partial charge in [0.15, 0.2) is 0 Å². The van der Waals surface area contributed by atoms with E-state index in [0.29, 0.717) is 31.8 Å². The fraction of sp³-hybridized carbons (Fsp3) is 0.625. The molecule has 1 aromatic heterocycles. The minimum absolute atomic E-state index is 0.0874. The number of aromatic nitrogens is 1. The van der Waals surface area contributed by atoms with Crippen LogP contribution in [-0.4, -0.2) is 68.0 Å². The summed E-state index contributed by atoms with van der Waals surface area (Å²) in [6.45, 7) is 2.49. The molecule has 2 atom stereocenters. The summed E-state index contributed by atoms with van der Waals surface area (Å²) in [4.78, 5) is 25.8. The average molecular weight is 323 g/mol. The normalized spacial score (nSPS) is 21.4. The predicted molar refractivity (Wildman–Crippen MR) is 86.7 cm³/mol. The molecule has 1 amide bonds. The zero-order valence-electron chi connectivity index (χ0n) is 13.9. The average Bonchev–Trinajstić information content (AvgIpc) is 2.51. The van der Waals surface area contributed by atoms with Gasteiger partial charge >= 0.3 is 0 Å². The number of likely N-dealkylation sites (N-methyl/N-ethyl adjacent to an activating group) is 1. The minimum atomic E-state index is -0.200. The maximum absolute atomic E-state index is 12.4. The van der Waals surface area contributed by atoms with E-state index in [9.17, 15) is 9.59 Å². The van der Waals surface area contributed by atoms with Crippen molar-refractivity contribution in [2.75, 3.05) is 40.5 Å². The van der Waals surface area contributed by atoms with Crippen LogP contribution in [0.1, 0.15) is 16.8 Å². The van der Waals surface area contributed by atoms with Crippen molar-refractivity contribution in [1.82, 2.24) is 14.8 Å². The third-order valence-electron chi connectivity index (χ3n) is 3.84.